The van der Waals surface area contributed by atoms with Gasteiger partial charge in [0, 0.05) is 53.8 Å². The summed E-state index contributed by atoms with van der Waals surface area (Å²) in [5.74, 6) is 0.504. The van der Waals surface area contributed by atoms with Gasteiger partial charge in [-0.1, -0.05) is 29.8 Å². The van der Waals surface area contributed by atoms with Crippen molar-refractivity contribution >= 4 is 34.3 Å². The number of fused-ring (bicyclic) bond motifs is 1. The zero-order valence-electron chi connectivity index (χ0n) is 17.5. The first-order valence-corrected chi connectivity index (χ1v) is 11.0. The number of hydrogen-bond acceptors (Lipinski definition) is 6. The summed E-state index contributed by atoms with van der Waals surface area (Å²) in [6, 6.07) is 15.7. The number of nitrogens with zero attached hydrogens (tertiary/aromatic N) is 4. The van der Waals surface area contributed by atoms with Gasteiger partial charge in [0.25, 0.3) is 0 Å². The lowest BCUT2D eigenvalue weighted by Gasteiger charge is -2.27. The standard InChI is InChI=1S/C24H24ClN5O2/c25-22-13-21(6-3-19(22)15-29-9-11-32-12-10-29)30-8-7-18-14-26-24(28-23(18)30)27-20-4-1-17(16-31)2-5-20/h1-8,13-14,31H,9-12,15-16H2,(H,26,27,28). The van der Waals surface area contributed by atoms with Crippen molar-refractivity contribution in [2.45, 2.75) is 13.2 Å². The molecule has 0 saturated carbocycles. The molecule has 8 heteroatoms. The molecule has 1 saturated heterocycles. The van der Waals surface area contributed by atoms with E-state index in [2.05, 4.69) is 27.3 Å². The van der Waals surface area contributed by atoms with Gasteiger partial charge < -0.3 is 19.7 Å². The average molecular weight is 450 g/mol. The predicted molar refractivity (Wildman–Crippen MR) is 126 cm³/mol. The van der Waals surface area contributed by atoms with Crippen LogP contribution in [0.1, 0.15) is 11.1 Å². The SMILES string of the molecule is OCc1ccc(Nc2ncc3ccn(-c4ccc(CN5CCOCC5)c(Cl)c4)c3n2)cc1. The Hall–Kier alpha value is -2.97. The van der Waals surface area contributed by atoms with Crippen LogP contribution in [0.3, 0.4) is 0 Å². The molecular weight excluding hydrogens is 426 g/mol. The van der Waals surface area contributed by atoms with Crippen LogP contribution in [0.15, 0.2) is 60.9 Å². The molecule has 0 amide bonds. The van der Waals surface area contributed by atoms with E-state index in [9.17, 15) is 5.11 Å². The second-order valence-electron chi connectivity index (χ2n) is 7.80. The first-order valence-electron chi connectivity index (χ1n) is 10.6. The maximum atomic E-state index is 9.21. The molecule has 0 unspecified atom stereocenters. The molecule has 0 bridgehead atoms. The fourth-order valence-corrected chi connectivity index (χ4v) is 4.06. The highest BCUT2D eigenvalue weighted by atomic mass is 35.5. The maximum Gasteiger partial charge on any atom is 0.229 e. The molecule has 164 valence electrons. The summed E-state index contributed by atoms with van der Waals surface area (Å²) < 4.78 is 7.44. The van der Waals surface area contributed by atoms with Crippen molar-refractivity contribution < 1.29 is 9.84 Å². The van der Waals surface area contributed by atoms with Gasteiger partial charge in [0.15, 0.2) is 0 Å². The Kier molecular flexibility index (Phi) is 6.05. The van der Waals surface area contributed by atoms with Crippen LogP contribution < -0.4 is 5.32 Å². The Morgan fingerprint density at radius 1 is 1.06 bits per heavy atom. The Labute approximate surface area is 191 Å². The van der Waals surface area contributed by atoms with E-state index >= 15 is 0 Å². The molecule has 0 atom stereocenters. The lowest BCUT2D eigenvalue weighted by molar-refractivity contribution is 0.0342. The molecule has 1 fully saturated rings. The fourth-order valence-electron chi connectivity index (χ4n) is 3.82. The second-order valence-corrected chi connectivity index (χ2v) is 8.21. The molecule has 3 heterocycles. The Morgan fingerprint density at radius 3 is 2.62 bits per heavy atom. The predicted octanol–water partition coefficient (Wildman–Crippen LogP) is 4.14. The molecule has 2 aromatic carbocycles. The molecule has 1 aliphatic rings. The van der Waals surface area contributed by atoms with Crippen LogP contribution in [0.5, 0.6) is 0 Å². The van der Waals surface area contributed by atoms with E-state index in [0.717, 1.165) is 71.4 Å². The van der Waals surface area contributed by atoms with Crippen molar-refractivity contribution in [2.24, 2.45) is 0 Å². The second kappa shape index (κ2) is 9.26. The number of morpholine rings is 1. The van der Waals surface area contributed by atoms with Gasteiger partial charge in [-0.05, 0) is 41.5 Å². The molecule has 0 aliphatic carbocycles. The first kappa shape index (κ1) is 20.9. The van der Waals surface area contributed by atoms with Crippen molar-refractivity contribution in [3.63, 3.8) is 0 Å². The molecule has 1 aliphatic heterocycles. The average Bonchev–Trinajstić information content (AvgIpc) is 3.25. The Bertz CT molecular complexity index is 1220. The van der Waals surface area contributed by atoms with Crippen molar-refractivity contribution in [3.05, 3.63) is 77.1 Å². The Morgan fingerprint density at radius 2 is 1.88 bits per heavy atom. The van der Waals surface area contributed by atoms with Gasteiger partial charge in [0.05, 0.1) is 19.8 Å². The highest BCUT2D eigenvalue weighted by Crippen LogP contribution is 2.26. The molecule has 2 aromatic heterocycles. The van der Waals surface area contributed by atoms with Crippen molar-refractivity contribution in [1.29, 1.82) is 0 Å². The van der Waals surface area contributed by atoms with Gasteiger partial charge in [0.1, 0.15) is 5.65 Å². The fraction of sp³-hybridized carbons (Fsp3) is 0.250. The van der Waals surface area contributed by atoms with E-state index in [1.807, 2.05) is 47.2 Å². The number of hydrogen-bond donors (Lipinski definition) is 2. The van der Waals surface area contributed by atoms with E-state index in [-0.39, 0.29) is 6.61 Å². The quantitative estimate of drug-likeness (QED) is 0.460. The van der Waals surface area contributed by atoms with E-state index in [4.69, 9.17) is 21.3 Å². The summed E-state index contributed by atoms with van der Waals surface area (Å²) in [4.78, 5) is 11.5. The molecule has 0 radical (unpaired) electrons. The van der Waals surface area contributed by atoms with Gasteiger partial charge in [-0.2, -0.15) is 4.98 Å². The molecular formula is C24H24ClN5O2. The van der Waals surface area contributed by atoms with Crippen LogP contribution in [-0.2, 0) is 17.9 Å². The largest absolute Gasteiger partial charge is 0.392 e. The lowest BCUT2D eigenvalue weighted by atomic mass is 10.2. The third kappa shape index (κ3) is 4.47. The number of ether oxygens (including phenoxy) is 1. The normalized spacial score (nSPS) is 14.7. The number of rotatable bonds is 6. The molecule has 32 heavy (non-hydrogen) atoms. The molecule has 2 N–H and O–H groups in total. The van der Waals surface area contributed by atoms with Gasteiger partial charge in [-0.25, -0.2) is 4.98 Å². The van der Waals surface area contributed by atoms with Gasteiger partial charge in [-0.15, -0.1) is 0 Å². The van der Waals surface area contributed by atoms with Crippen molar-refractivity contribution in [2.75, 3.05) is 31.6 Å². The number of aliphatic hydroxyl groups is 1. The minimum Gasteiger partial charge on any atom is -0.392 e. The number of nitrogens with one attached hydrogen (secondary N) is 1. The topological polar surface area (TPSA) is 75.4 Å². The third-order valence-electron chi connectivity index (χ3n) is 5.63. The maximum absolute atomic E-state index is 9.21. The summed E-state index contributed by atoms with van der Waals surface area (Å²) in [6.45, 7) is 4.23. The summed E-state index contributed by atoms with van der Waals surface area (Å²) >= 11 is 6.65. The molecule has 0 spiro atoms. The molecule has 4 aromatic rings. The van der Waals surface area contributed by atoms with Crippen LogP contribution in [0, 0.1) is 0 Å². The summed E-state index contributed by atoms with van der Waals surface area (Å²) in [6.07, 6.45) is 3.78. The van der Waals surface area contributed by atoms with Crippen LogP contribution in [0.25, 0.3) is 16.7 Å². The number of halogens is 1. The van der Waals surface area contributed by atoms with E-state index < -0.39 is 0 Å². The van der Waals surface area contributed by atoms with E-state index in [1.165, 1.54) is 0 Å². The van der Waals surface area contributed by atoms with E-state index in [0.29, 0.717) is 5.95 Å². The minimum absolute atomic E-state index is 0.0179. The van der Waals surface area contributed by atoms with Gasteiger partial charge in [-0.3, -0.25) is 4.90 Å². The zero-order chi connectivity index (χ0) is 21.9. The zero-order valence-corrected chi connectivity index (χ0v) is 18.3. The van der Waals surface area contributed by atoms with Gasteiger partial charge >= 0.3 is 0 Å². The smallest absolute Gasteiger partial charge is 0.229 e. The Balaban J connectivity index is 1.39. The van der Waals surface area contributed by atoms with Gasteiger partial charge in [0.2, 0.25) is 5.95 Å². The monoisotopic (exact) mass is 449 g/mol. The summed E-state index contributed by atoms with van der Waals surface area (Å²) in [5, 5.41) is 14.1. The van der Waals surface area contributed by atoms with Crippen LogP contribution >= 0.6 is 11.6 Å². The van der Waals surface area contributed by atoms with E-state index in [1.54, 1.807) is 6.20 Å². The molecule has 7 nitrogen and oxygen atoms in total. The minimum atomic E-state index is 0.0179. The number of anilines is 2. The third-order valence-corrected chi connectivity index (χ3v) is 5.98. The summed E-state index contributed by atoms with van der Waals surface area (Å²) in [5.41, 5.74) is 4.57. The van der Waals surface area contributed by atoms with Crippen LogP contribution in [-0.4, -0.2) is 50.8 Å². The summed E-state index contributed by atoms with van der Waals surface area (Å²) in [7, 11) is 0. The highest BCUT2D eigenvalue weighted by Gasteiger charge is 2.14. The molecule has 5 rings (SSSR count). The number of benzene rings is 2. The highest BCUT2D eigenvalue weighted by molar-refractivity contribution is 6.31. The lowest BCUT2D eigenvalue weighted by Crippen LogP contribution is -2.35. The number of aromatic nitrogens is 3. The number of aliphatic hydroxyl groups excluding tert-OH is 1. The first-order chi connectivity index (χ1) is 15.7. The van der Waals surface area contributed by atoms with Crippen LogP contribution in [0.4, 0.5) is 11.6 Å². The van der Waals surface area contributed by atoms with Crippen LogP contribution in [0.2, 0.25) is 5.02 Å². The van der Waals surface area contributed by atoms with Crippen molar-refractivity contribution in [1.82, 2.24) is 19.4 Å². The van der Waals surface area contributed by atoms with Crippen molar-refractivity contribution in [3.8, 4) is 5.69 Å².